The molecule has 126 valence electrons. The first kappa shape index (κ1) is 19.3. The van der Waals surface area contributed by atoms with Crippen LogP contribution in [0.15, 0.2) is 27.8 Å². The van der Waals surface area contributed by atoms with Crippen molar-refractivity contribution < 1.29 is 4.42 Å². The minimum atomic E-state index is 0. The molecule has 1 aromatic heterocycles. The highest BCUT2D eigenvalue weighted by molar-refractivity contribution is 14.0. The largest absolute Gasteiger partial charge is 0.469 e. The Bertz CT molecular complexity index is 425. The second-order valence-electron chi connectivity index (χ2n) is 6.16. The molecular formula is C17H30IN3O. The van der Waals surface area contributed by atoms with Gasteiger partial charge in [0.1, 0.15) is 5.76 Å². The van der Waals surface area contributed by atoms with Gasteiger partial charge in [-0.15, -0.1) is 24.0 Å². The summed E-state index contributed by atoms with van der Waals surface area (Å²) < 4.78 is 5.37. The highest BCUT2D eigenvalue weighted by Crippen LogP contribution is 2.16. The molecule has 1 atom stereocenters. The average Bonchev–Trinajstić information content (AvgIpc) is 3.00. The quantitative estimate of drug-likeness (QED) is 0.447. The molecule has 1 saturated heterocycles. The van der Waals surface area contributed by atoms with Crippen LogP contribution in [0, 0.1) is 5.92 Å². The van der Waals surface area contributed by atoms with Crippen LogP contribution in [0.3, 0.4) is 0 Å². The maximum absolute atomic E-state index is 5.37. The normalized spacial score (nSPS) is 18.0. The van der Waals surface area contributed by atoms with Crippen molar-refractivity contribution >= 4 is 29.9 Å². The Kier molecular flexibility index (Phi) is 8.90. The fraction of sp³-hybridized carbons (Fsp3) is 0.706. The molecule has 0 saturated carbocycles. The number of halogens is 1. The van der Waals surface area contributed by atoms with Crippen molar-refractivity contribution in [2.45, 2.75) is 52.5 Å². The van der Waals surface area contributed by atoms with Crippen molar-refractivity contribution in [3.8, 4) is 0 Å². The number of hydrogen-bond donors (Lipinski definition) is 1. The summed E-state index contributed by atoms with van der Waals surface area (Å²) in [7, 11) is 0. The van der Waals surface area contributed by atoms with Gasteiger partial charge in [0, 0.05) is 32.1 Å². The molecule has 0 spiro atoms. The maximum Gasteiger partial charge on any atom is 0.194 e. The number of rotatable bonds is 5. The maximum atomic E-state index is 5.37. The lowest BCUT2D eigenvalue weighted by Gasteiger charge is -2.34. The molecule has 0 bridgehead atoms. The van der Waals surface area contributed by atoms with Gasteiger partial charge in [0.15, 0.2) is 5.96 Å². The van der Waals surface area contributed by atoms with E-state index in [1.165, 1.54) is 12.8 Å². The zero-order valence-electron chi connectivity index (χ0n) is 14.0. The van der Waals surface area contributed by atoms with Gasteiger partial charge < -0.3 is 14.6 Å². The minimum Gasteiger partial charge on any atom is -0.469 e. The van der Waals surface area contributed by atoms with Crippen LogP contribution in [0.4, 0.5) is 0 Å². The van der Waals surface area contributed by atoms with E-state index >= 15 is 0 Å². The Morgan fingerprint density at radius 1 is 1.45 bits per heavy atom. The van der Waals surface area contributed by atoms with Crippen molar-refractivity contribution in [3.05, 3.63) is 24.2 Å². The van der Waals surface area contributed by atoms with Crippen molar-refractivity contribution in [3.63, 3.8) is 0 Å². The SMILES string of the molecule is CCC(C)NC(=NCCc1ccco1)N1CCC(C)CC1.I. The highest BCUT2D eigenvalue weighted by Gasteiger charge is 2.19. The topological polar surface area (TPSA) is 40.8 Å². The molecule has 1 fully saturated rings. The summed E-state index contributed by atoms with van der Waals surface area (Å²) >= 11 is 0. The van der Waals surface area contributed by atoms with E-state index in [9.17, 15) is 0 Å². The molecule has 0 amide bonds. The van der Waals surface area contributed by atoms with E-state index in [4.69, 9.17) is 9.41 Å². The summed E-state index contributed by atoms with van der Waals surface area (Å²) in [6.45, 7) is 9.77. The molecule has 0 aromatic carbocycles. The average molecular weight is 419 g/mol. The van der Waals surface area contributed by atoms with E-state index in [-0.39, 0.29) is 24.0 Å². The number of furan rings is 1. The molecule has 0 radical (unpaired) electrons. The molecule has 1 aromatic rings. The standard InChI is InChI=1S/C17H29N3O.HI/c1-4-15(3)19-17(20-11-8-14(2)9-12-20)18-10-7-16-6-5-13-21-16;/h5-6,13-15H,4,7-12H2,1-3H3,(H,18,19);1H. The van der Waals surface area contributed by atoms with Crippen molar-refractivity contribution in [2.24, 2.45) is 10.9 Å². The lowest BCUT2D eigenvalue weighted by molar-refractivity contribution is 0.271. The number of aliphatic imine (C=N–C) groups is 1. The fourth-order valence-corrected chi connectivity index (χ4v) is 2.51. The number of piperidine rings is 1. The summed E-state index contributed by atoms with van der Waals surface area (Å²) in [5.74, 6) is 2.92. The molecule has 1 unspecified atom stereocenters. The Morgan fingerprint density at radius 3 is 2.77 bits per heavy atom. The molecule has 22 heavy (non-hydrogen) atoms. The molecule has 1 N–H and O–H groups in total. The van der Waals surface area contributed by atoms with Crippen molar-refractivity contribution in [1.29, 1.82) is 0 Å². The Balaban J connectivity index is 0.00000242. The summed E-state index contributed by atoms with van der Waals surface area (Å²) in [5.41, 5.74) is 0. The zero-order valence-corrected chi connectivity index (χ0v) is 16.4. The fourth-order valence-electron chi connectivity index (χ4n) is 2.51. The van der Waals surface area contributed by atoms with Gasteiger partial charge in [0.05, 0.1) is 6.26 Å². The first-order chi connectivity index (χ1) is 10.2. The molecule has 5 heteroatoms. The van der Waals surface area contributed by atoms with Gasteiger partial charge in [0.25, 0.3) is 0 Å². The third-order valence-electron chi connectivity index (χ3n) is 4.27. The monoisotopic (exact) mass is 419 g/mol. The number of nitrogens with zero attached hydrogens (tertiary/aromatic N) is 2. The number of guanidine groups is 1. The molecule has 1 aliphatic rings. The van der Waals surface area contributed by atoms with Crippen LogP contribution >= 0.6 is 24.0 Å². The van der Waals surface area contributed by atoms with E-state index in [2.05, 4.69) is 31.0 Å². The van der Waals surface area contributed by atoms with Crippen LogP contribution in [-0.4, -0.2) is 36.5 Å². The molecule has 0 aliphatic carbocycles. The van der Waals surface area contributed by atoms with Crippen LogP contribution in [-0.2, 0) is 6.42 Å². The Labute approximate surface area is 151 Å². The second-order valence-corrected chi connectivity index (χ2v) is 6.16. The molecule has 2 heterocycles. The molecular weight excluding hydrogens is 389 g/mol. The summed E-state index contributed by atoms with van der Waals surface area (Å²) in [4.78, 5) is 7.22. The van der Waals surface area contributed by atoms with Gasteiger partial charge in [-0.05, 0) is 44.2 Å². The Morgan fingerprint density at radius 2 is 2.18 bits per heavy atom. The summed E-state index contributed by atoms with van der Waals surface area (Å²) in [6.07, 6.45) is 6.23. The predicted octanol–water partition coefficient (Wildman–Crippen LogP) is 3.92. The van der Waals surface area contributed by atoms with Gasteiger partial charge in [-0.1, -0.05) is 13.8 Å². The van der Waals surface area contributed by atoms with Crippen LogP contribution in [0.25, 0.3) is 0 Å². The van der Waals surface area contributed by atoms with E-state index in [1.54, 1.807) is 6.26 Å². The van der Waals surface area contributed by atoms with Crippen molar-refractivity contribution in [2.75, 3.05) is 19.6 Å². The van der Waals surface area contributed by atoms with Crippen LogP contribution in [0.5, 0.6) is 0 Å². The van der Waals surface area contributed by atoms with Crippen LogP contribution in [0.2, 0.25) is 0 Å². The third kappa shape index (κ3) is 6.18. The lowest BCUT2D eigenvalue weighted by atomic mass is 9.99. The first-order valence-electron chi connectivity index (χ1n) is 8.27. The van der Waals surface area contributed by atoms with E-state index in [0.29, 0.717) is 6.04 Å². The van der Waals surface area contributed by atoms with Crippen LogP contribution in [0.1, 0.15) is 45.8 Å². The van der Waals surface area contributed by atoms with Gasteiger partial charge in [-0.3, -0.25) is 4.99 Å². The zero-order chi connectivity index (χ0) is 15.1. The lowest BCUT2D eigenvalue weighted by Crippen LogP contribution is -2.48. The van der Waals surface area contributed by atoms with E-state index in [1.807, 2.05) is 12.1 Å². The van der Waals surface area contributed by atoms with Gasteiger partial charge in [0.2, 0.25) is 0 Å². The smallest absolute Gasteiger partial charge is 0.194 e. The molecule has 2 rings (SSSR count). The second kappa shape index (κ2) is 10.1. The van der Waals surface area contributed by atoms with Crippen molar-refractivity contribution in [1.82, 2.24) is 10.2 Å². The highest BCUT2D eigenvalue weighted by atomic mass is 127. The van der Waals surface area contributed by atoms with E-state index < -0.39 is 0 Å². The third-order valence-corrected chi connectivity index (χ3v) is 4.27. The van der Waals surface area contributed by atoms with E-state index in [0.717, 1.165) is 50.1 Å². The summed E-state index contributed by atoms with van der Waals surface area (Å²) in [6, 6.07) is 4.41. The number of nitrogens with one attached hydrogen (secondary N) is 1. The van der Waals surface area contributed by atoms with Gasteiger partial charge >= 0.3 is 0 Å². The van der Waals surface area contributed by atoms with Gasteiger partial charge in [-0.2, -0.15) is 0 Å². The van der Waals surface area contributed by atoms with Gasteiger partial charge in [-0.25, -0.2) is 0 Å². The van der Waals surface area contributed by atoms with Crippen LogP contribution < -0.4 is 5.32 Å². The molecule has 4 nitrogen and oxygen atoms in total. The molecule has 1 aliphatic heterocycles. The number of likely N-dealkylation sites (tertiary alicyclic amines) is 1. The predicted molar refractivity (Wildman–Crippen MR) is 103 cm³/mol. The summed E-state index contributed by atoms with van der Waals surface area (Å²) in [5, 5.41) is 3.58. The first-order valence-corrected chi connectivity index (χ1v) is 8.27. The Hall–Kier alpha value is -0.720. The number of hydrogen-bond acceptors (Lipinski definition) is 2. The minimum absolute atomic E-state index is 0.